The van der Waals surface area contributed by atoms with Gasteiger partial charge in [-0.3, -0.25) is 0 Å². The first kappa shape index (κ1) is 18.5. The maximum absolute atomic E-state index is 11.4. The van der Waals surface area contributed by atoms with Crippen LogP contribution < -0.4 is 5.32 Å². The molecular formula is C18H29NO3. The Morgan fingerprint density at radius 3 is 2.41 bits per heavy atom. The van der Waals surface area contributed by atoms with Crippen molar-refractivity contribution in [3.05, 3.63) is 29.8 Å². The van der Waals surface area contributed by atoms with Gasteiger partial charge in [0, 0.05) is 18.8 Å². The monoisotopic (exact) mass is 307 g/mol. The topological polar surface area (TPSA) is 47.6 Å². The van der Waals surface area contributed by atoms with Crippen LogP contribution in [0.5, 0.6) is 0 Å². The summed E-state index contributed by atoms with van der Waals surface area (Å²) in [6.45, 7) is 9.24. The van der Waals surface area contributed by atoms with E-state index in [9.17, 15) is 4.79 Å². The van der Waals surface area contributed by atoms with E-state index in [4.69, 9.17) is 9.47 Å². The molecule has 1 aromatic carbocycles. The second-order valence-electron chi connectivity index (χ2n) is 6.49. The van der Waals surface area contributed by atoms with Gasteiger partial charge in [0.2, 0.25) is 0 Å². The molecule has 0 saturated carbocycles. The van der Waals surface area contributed by atoms with E-state index in [1.807, 2.05) is 20.8 Å². The average Bonchev–Trinajstić information content (AvgIpc) is 2.42. The van der Waals surface area contributed by atoms with Gasteiger partial charge in [0.05, 0.1) is 0 Å². The van der Waals surface area contributed by atoms with Crippen LogP contribution in [0.25, 0.3) is 0 Å². The maximum atomic E-state index is 11.4. The quantitative estimate of drug-likeness (QED) is 0.554. The molecule has 0 bridgehead atoms. The largest absolute Gasteiger partial charge is 0.458 e. The summed E-state index contributed by atoms with van der Waals surface area (Å²) >= 11 is 0. The molecule has 0 fully saturated rings. The lowest BCUT2D eigenvalue weighted by molar-refractivity contribution is -0.160. The summed E-state index contributed by atoms with van der Waals surface area (Å²) in [5.74, 6) is -0.298. The fourth-order valence-corrected chi connectivity index (χ4v) is 1.94. The van der Waals surface area contributed by atoms with Crippen molar-refractivity contribution in [1.82, 2.24) is 0 Å². The van der Waals surface area contributed by atoms with Gasteiger partial charge in [0.25, 0.3) is 0 Å². The van der Waals surface area contributed by atoms with Crippen LogP contribution in [0.2, 0.25) is 0 Å². The molecule has 1 aromatic rings. The maximum Gasteiger partial charge on any atom is 0.332 e. The number of benzene rings is 1. The van der Waals surface area contributed by atoms with Gasteiger partial charge in [-0.25, -0.2) is 4.79 Å². The lowest BCUT2D eigenvalue weighted by Gasteiger charge is -2.19. The molecule has 0 amide bonds. The van der Waals surface area contributed by atoms with E-state index >= 15 is 0 Å². The highest BCUT2D eigenvalue weighted by Gasteiger charge is 2.15. The van der Waals surface area contributed by atoms with E-state index in [-0.39, 0.29) is 12.6 Å². The molecule has 0 aliphatic rings. The molecule has 1 rings (SSSR count). The van der Waals surface area contributed by atoms with Crippen molar-refractivity contribution in [1.29, 1.82) is 0 Å². The Morgan fingerprint density at radius 1 is 1.09 bits per heavy atom. The number of anilines is 1. The Morgan fingerprint density at radius 2 is 1.77 bits per heavy atom. The predicted octanol–water partition coefficient (Wildman–Crippen LogP) is 3.94. The zero-order valence-corrected chi connectivity index (χ0v) is 14.3. The number of unbranched alkanes of at least 4 members (excludes halogenated alkanes) is 2. The number of carbonyl (C=O) groups excluding carboxylic acids is 1. The van der Waals surface area contributed by atoms with Crippen LogP contribution in [0.4, 0.5) is 5.69 Å². The summed E-state index contributed by atoms with van der Waals surface area (Å²) in [5.41, 5.74) is 1.99. The van der Waals surface area contributed by atoms with E-state index in [0.717, 1.165) is 31.5 Å². The third kappa shape index (κ3) is 9.40. The Kier molecular flexibility index (Phi) is 7.96. The van der Waals surface area contributed by atoms with Gasteiger partial charge in [0.1, 0.15) is 12.2 Å². The van der Waals surface area contributed by atoms with Crippen LogP contribution in [0.1, 0.15) is 45.6 Å². The van der Waals surface area contributed by atoms with Gasteiger partial charge >= 0.3 is 5.97 Å². The number of hydrogen-bond donors (Lipinski definition) is 1. The molecule has 22 heavy (non-hydrogen) atoms. The second-order valence-corrected chi connectivity index (χ2v) is 6.49. The lowest BCUT2D eigenvalue weighted by atomic mass is 10.2. The molecule has 0 saturated heterocycles. The number of esters is 1. The van der Waals surface area contributed by atoms with Gasteiger partial charge in [-0.05, 0) is 59.1 Å². The van der Waals surface area contributed by atoms with E-state index < -0.39 is 5.60 Å². The summed E-state index contributed by atoms with van der Waals surface area (Å²) in [7, 11) is 0. The number of hydrogen-bond acceptors (Lipinski definition) is 4. The first-order valence-electron chi connectivity index (χ1n) is 7.97. The van der Waals surface area contributed by atoms with Crippen molar-refractivity contribution in [2.24, 2.45) is 0 Å². The zero-order chi connectivity index (χ0) is 16.4. The number of ether oxygens (including phenoxy) is 2. The highest BCUT2D eigenvalue weighted by molar-refractivity contribution is 5.71. The van der Waals surface area contributed by atoms with Crippen molar-refractivity contribution in [2.45, 2.75) is 52.6 Å². The molecular weight excluding hydrogens is 278 g/mol. The zero-order valence-electron chi connectivity index (χ0n) is 14.3. The van der Waals surface area contributed by atoms with E-state index in [1.54, 1.807) is 0 Å². The third-order valence-corrected chi connectivity index (χ3v) is 2.99. The van der Waals surface area contributed by atoms with E-state index in [1.165, 1.54) is 5.56 Å². The minimum absolute atomic E-state index is 0.0406. The molecule has 1 N–H and O–H groups in total. The molecule has 4 heteroatoms. The smallest absolute Gasteiger partial charge is 0.332 e. The predicted molar refractivity (Wildman–Crippen MR) is 90.2 cm³/mol. The van der Waals surface area contributed by atoms with Crippen LogP contribution in [0.15, 0.2) is 24.3 Å². The Hall–Kier alpha value is -1.55. The summed E-state index contributed by atoms with van der Waals surface area (Å²) < 4.78 is 10.5. The van der Waals surface area contributed by atoms with Gasteiger partial charge in [-0.1, -0.05) is 17.7 Å². The molecule has 124 valence electrons. The number of nitrogens with one attached hydrogen (secondary N) is 1. The molecule has 0 aromatic heterocycles. The number of carbonyl (C=O) groups is 1. The molecule has 0 atom stereocenters. The minimum Gasteiger partial charge on any atom is -0.458 e. The lowest BCUT2D eigenvalue weighted by Crippen LogP contribution is -2.26. The first-order chi connectivity index (χ1) is 10.4. The van der Waals surface area contributed by atoms with Crippen LogP contribution in [-0.2, 0) is 14.3 Å². The molecule has 0 spiro atoms. The average molecular weight is 307 g/mol. The minimum atomic E-state index is -0.442. The molecule has 0 heterocycles. The molecule has 0 unspecified atom stereocenters. The fraction of sp³-hybridized carbons (Fsp3) is 0.611. The van der Waals surface area contributed by atoms with Gasteiger partial charge in [0.15, 0.2) is 0 Å². The van der Waals surface area contributed by atoms with Crippen molar-refractivity contribution in [2.75, 3.05) is 25.1 Å². The van der Waals surface area contributed by atoms with Crippen molar-refractivity contribution in [3.63, 3.8) is 0 Å². The normalized spacial score (nSPS) is 11.3. The van der Waals surface area contributed by atoms with Gasteiger partial charge < -0.3 is 14.8 Å². The van der Waals surface area contributed by atoms with E-state index in [0.29, 0.717) is 6.61 Å². The summed E-state index contributed by atoms with van der Waals surface area (Å²) in [5, 5.41) is 3.39. The SMILES string of the molecule is Cc1ccc(NCCCCCOCC(=O)OC(C)(C)C)cc1. The van der Waals surface area contributed by atoms with Crippen molar-refractivity contribution in [3.8, 4) is 0 Å². The van der Waals surface area contributed by atoms with Crippen LogP contribution in [-0.4, -0.2) is 31.3 Å². The molecule has 4 nitrogen and oxygen atoms in total. The molecule has 0 aliphatic carbocycles. The van der Waals surface area contributed by atoms with Crippen LogP contribution in [0.3, 0.4) is 0 Å². The van der Waals surface area contributed by atoms with E-state index in [2.05, 4.69) is 36.5 Å². The van der Waals surface area contributed by atoms with Crippen molar-refractivity contribution < 1.29 is 14.3 Å². The summed E-state index contributed by atoms with van der Waals surface area (Å²) in [6, 6.07) is 8.40. The Bertz CT molecular complexity index is 435. The standard InChI is InChI=1S/C18H29NO3/c1-15-8-10-16(11-9-15)19-12-6-5-7-13-21-14-17(20)22-18(2,3)4/h8-11,19H,5-7,12-14H2,1-4H3. The summed E-state index contributed by atoms with van der Waals surface area (Å²) in [4.78, 5) is 11.4. The Balaban J connectivity index is 1.95. The first-order valence-corrected chi connectivity index (χ1v) is 7.97. The summed E-state index contributed by atoms with van der Waals surface area (Å²) in [6.07, 6.45) is 3.12. The van der Waals surface area contributed by atoms with Gasteiger partial charge in [-0.15, -0.1) is 0 Å². The highest BCUT2D eigenvalue weighted by Crippen LogP contribution is 2.09. The number of aryl methyl sites for hydroxylation is 1. The fourth-order valence-electron chi connectivity index (χ4n) is 1.94. The Labute approximate surface area is 134 Å². The highest BCUT2D eigenvalue weighted by atomic mass is 16.6. The third-order valence-electron chi connectivity index (χ3n) is 2.99. The second kappa shape index (κ2) is 9.46. The van der Waals surface area contributed by atoms with Gasteiger partial charge in [-0.2, -0.15) is 0 Å². The molecule has 0 radical (unpaired) electrons. The van der Waals surface area contributed by atoms with Crippen LogP contribution >= 0.6 is 0 Å². The van der Waals surface area contributed by atoms with Crippen LogP contribution in [0, 0.1) is 6.92 Å². The number of rotatable bonds is 9. The molecule has 0 aliphatic heterocycles. The van der Waals surface area contributed by atoms with Crippen molar-refractivity contribution >= 4 is 11.7 Å².